The van der Waals surface area contributed by atoms with Crippen LogP contribution in [0.1, 0.15) is 12.5 Å². The molecule has 3 aromatic rings. The van der Waals surface area contributed by atoms with Crippen LogP contribution in [0.5, 0.6) is 5.75 Å². The van der Waals surface area contributed by atoms with Gasteiger partial charge in [-0.2, -0.15) is 0 Å². The molecule has 0 amide bonds. The molecular weight excluding hydrogens is 254 g/mol. The lowest BCUT2D eigenvalue weighted by atomic mass is 10.2. The number of carbonyl (C=O) groups is 1. The standard InChI is InChI=1S/C16H13NO3/c1-10-6-7-15-14(8-10)17-16(20-15)12-4-3-5-13(9-12)19-11(2)18/h3-9H,1-2H3. The molecule has 1 heterocycles. The van der Waals surface area contributed by atoms with Gasteiger partial charge < -0.3 is 9.15 Å². The van der Waals surface area contributed by atoms with Crippen molar-refractivity contribution in [2.24, 2.45) is 0 Å². The lowest BCUT2D eigenvalue weighted by molar-refractivity contribution is -0.131. The van der Waals surface area contributed by atoms with E-state index in [4.69, 9.17) is 9.15 Å². The number of aromatic nitrogens is 1. The van der Waals surface area contributed by atoms with Crippen molar-refractivity contribution in [3.05, 3.63) is 48.0 Å². The van der Waals surface area contributed by atoms with E-state index < -0.39 is 0 Å². The Bertz CT molecular complexity index is 789. The molecule has 0 saturated carbocycles. The zero-order valence-corrected chi connectivity index (χ0v) is 11.2. The molecule has 0 N–H and O–H groups in total. The number of hydrogen-bond acceptors (Lipinski definition) is 4. The number of esters is 1. The predicted octanol–water partition coefficient (Wildman–Crippen LogP) is 3.73. The molecule has 0 radical (unpaired) electrons. The monoisotopic (exact) mass is 267 g/mol. The molecule has 1 aromatic heterocycles. The van der Waals surface area contributed by atoms with Gasteiger partial charge in [-0.3, -0.25) is 4.79 Å². The summed E-state index contributed by atoms with van der Waals surface area (Å²) in [4.78, 5) is 15.4. The number of benzene rings is 2. The summed E-state index contributed by atoms with van der Waals surface area (Å²) in [6.07, 6.45) is 0. The van der Waals surface area contributed by atoms with E-state index in [0.717, 1.165) is 22.2 Å². The zero-order valence-electron chi connectivity index (χ0n) is 11.2. The van der Waals surface area contributed by atoms with Crippen LogP contribution in [0.4, 0.5) is 0 Å². The molecule has 0 aliphatic carbocycles. The first-order chi connectivity index (χ1) is 9.61. The van der Waals surface area contributed by atoms with E-state index in [9.17, 15) is 4.79 Å². The van der Waals surface area contributed by atoms with E-state index in [-0.39, 0.29) is 5.97 Å². The highest BCUT2D eigenvalue weighted by atomic mass is 16.5. The number of nitrogens with zero attached hydrogens (tertiary/aromatic N) is 1. The minimum absolute atomic E-state index is 0.352. The summed E-state index contributed by atoms with van der Waals surface area (Å²) in [7, 11) is 0. The number of oxazole rings is 1. The van der Waals surface area contributed by atoms with Gasteiger partial charge in [0.05, 0.1) is 0 Å². The Morgan fingerprint density at radius 1 is 1.20 bits per heavy atom. The number of carbonyl (C=O) groups excluding carboxylic acids is 1. The molecule has 0 saturated heterocycles. The molecule has 20 heavy (non-hydrogen) atoms. The molecule has 0 unspecified atom stereocenters. The SMILES string of the molecule is CC(=O)Oc1cccc(-c2nc3cc(C)ccc3o2)c1. The highest BCUT2D eigenvalue weighted by Crippen LogP contribution is 2.27. The molecule has 0 fully saturated rings. The van der Waals surface area contributed by atoms with Crippen LogP contribution in [0.15, 0.2) is 46.9 Å². The van der Waals surface area contributed by atoms with Gasteiger partial charge in [0.1, 0.15) is 11.3 Å². The third-order valence-electron chi connectivity index (χ3n) is 2.89. The maximum absolute atomic E-state index is 11.0. The molecule has 0 aliphatic heterocycles. The topological polar surface area (TPSA) is 52.3 Å². The van der Waals surface area contributed by atoms with Crippen molar-refractivity contribution in [1.29, 1.82) is 0 Å². The second kappa shape index (κ2) is 4.81. The van der Waals surface area contributed by atoms with Crippen LogP contribution in [-0.2, 0) is 4.79 Å². The third kappa shape index (κ3) is 2.40. The van der Waals surface area contributed by atoms with E-state index in [0.29, 0.717) is 11.6 Å². The van der Waals surface area contributed by atoms with Gasteiger partial charge in [-0.1, -0.05) is 12.1 Å². The summed E-state index contributed by atoms with van der Waals surface area (Å²) in [5, 5.41) is 0. The summed E-state index contributed by atoms with van der Waals surface area (Å²) in [5.41, 5.74) is 3.46. The number of ether oxygens (including phenoxy) is 1. The Morgan fingerprint density at radius 3 is 2.85 bits per heavy atom. The second-order valence-corrected chi connectivity index (χ2v) is 4.61. The number of aryl methyl sites for hydroxylation is 1. The van der Waals surface area contributed by atoms with E-state index in [2.05, 4.69) is 4.98 Å². The fourth-order valence-electron chi connectivity index (χ4n) is 2.02. The van der Waals surface area contributed by atoms with Crippen LogP contribution >= 0.6 is 0 Å². The molecule has 2 aromatic carbocycles. The third-order valence-corrected chi connectivity index (χ3v) is 2.89. The van der Waals surface area contributed by atoms with Crippen LogP contribution < -0.4 is 4.74 Å². The fourth-order valence-corrected chi connectivity index (χ4v) is 2.02. The van der Waals surface area contributed by atoms with Crippen molar-refractivity contribution in [2.45, 2.75) is 13.8 Å². The smallest absolute Gasteiger partial charge is 0.308 e. The van der Waals surface area contributed by atoms with Gasteiger partial charge in [-0.25, -0.2) is 4.98 Å². The van der Waals surface area contributed by atoms with Gasteiger partial charge in [-0.15, -0.1) is 0 Å². The van der Waals surface area contributed by atoms with Gasteiger partial charge in [-0.05, 0) is 42.8 Å². The summed E-state index contributed by atoms with van der Waals surface area (Å²) in [5.74, 6) is 0.642. The molecule has 3 rings (SSSR count). The molecule has 0 bridgehead atoms. The van der Waals surface area contributed by atoms with Crippen LogP contribution in [-0.4, -0.2) is 11.0 Å². The number of hydrogen-bond donors (Lipinski definition) is 0. The van der Waals surface area contributed by atoms with Crippen molar-refractivity contribution in [3.63, 3.8) is 0 Å². The summed E-state index contributed by atoms with van der Waals surface area (Å²) < 4.78 is 10.8. The molecule has 4 nitrogen and oxygen atoms in total. The van der Waals surface area contributed by atoms with Gasteiger partial charge in [0.15, 0.2) is 5.58 Å². The quantitative estimate of drug-likeness (QED) is 0.524. The van der Waals surface area contributed by atoms with E-state index >= 15 is 0 Å². The summed E-state index contributed by atoms with van der Waals surface area (Å²) >= 11 is 0. The van der Waals surface area contributed by atoms with Crippen molar-refractivity contribution in [3.8, 4) is 17.2 Å². The fraction of sp³-hybridized carbons (Fsp3) is 0.125. The van der Waals surface area contributed by atoms with E-state index in [1.54, 1.807) is 18.2 Å². The average molecular weight is 267 g/mol. The Labute approximate surface area is 116 Å². The first-order valence-electron chi connectivity index (χ1n) is 6.28. The van der Waals surface area contributed by atoms with Gasteiger partial charge in [0.25, 0.3) is 0 Å². The lowest BCUT2D eigenvalue weighted by Crippen LogP contribution is -2.01. The first-order valence-corrected chi connectivity index (χ1v) is 6.28. The van der Waals surface area contributed by atoms with E-state index in [1.807, 2.05) is 31.2 Å². The Kier molecular flexibility index (Phi) is 2.99. The Balaban J connectivity index is 2.03. The Morgan fingerprint density at radius 2 is 2.05 bits per heavy atom. The molecular formula is C16H13NO3. The van der Waals surface area contributed by atoms with Crippen molar-refractivity contribution >= 4 is 17.1 Å². The maximum atomic E-state index is 11.0. The van der Waals surface area contributed by atoms with Crippen LogP contribution in [0, 0.1) is 6.92 Å². The summed E-state index contributed by atoms with van der Waals surface area (Å²) in [6, 6.07) is 13.0. The minimum atomic E-state index is -0.352. The average Bonchev–Trinajstić information content (AvgIpc) is 2.81. The van der Waals surface area contributed by atoms with Crippen molar-refractivity contribution in [1.82, 2.24) is 4.98 Å². The molecule has 100 valence electrons. The number of fused-ring (bicyclic) bond motifs is 1. The van der Waals surface area contributed by atoms with Crippen LogP contribution in [0.25, 0.3) is 22.6 Å². The van der Waals surface area contributed by atoms with Gasteiger partial charge >= 0.3 is 5.97 Å². The minimum Gasteiger partial charge on any atom is -0.436 e. The molecule has 4 heteroatoms. The summed E-state index contributed by atoms with van der Waals surface area (Å²) in [6.45, 7) is 3.38. The largest absolute Gasteiger partial charge is 0.436 e. The second-order valence-electron chi connectivity index (χ2n) is 4.61. The zero-order chi connectivity index (χ0) is 14.1. The van der Waals surface area contributed by atoms with Gasteiger partial charge in [0.2, 0.25) is 5.89 Å². The van der Waals surface area contributed by atoms with E-state index in [1.165, 1.54) is 6.92 Å². The maximum Gasteiger partial charge on any atom is 0.308 e. The first kappa shape index (κ1) is 12.4. The van der Waals surface area contributed by atoms with Crippen molar-refractivity contribution in [2.75, 3.05) is 0 Å². The predicted molar refractivity (Wildman–Crippen MR) is 75.5 cm³/mol. The normalized spacial score (nSPS) is 10.7. The Hall–Kier alpha value is -2.62. The van der Waals surface area contributed by atoms with Crippen molar-refractivity contribution < 1.29 is 13.9 Å². The molecule has 0 aliphatic rings. The molecule has 0 atom stereocenters. The van der Waals surface area contributed by atoms with Gasteiger partial charge in [0, 0.05) is 12.5 Å². The number of rotatable bonds is 2. The highest BCUT2D eigenvalue weighted by molar-refractivity contribution is 5.77. The van der Waals surface area contributed by atoms with Crippen LogP contribution in [0.2, 0.25) is 0 Å². The van der Waals surface area contributed by atoms with Crippen LogP contribution in [0.3, 0.4) is 0 Å². The highest BCUT2D eigenvalue weighted by Gasteiger charge is 2.09. The lowest BCUT2D eigenvalue weighted by Gasteiger charge is -2.01. The molecule has 0 spiro atoms.